The van der Waals surface area contributed by atoms with Crippen molar-refractivity contribution in [3.8, 4) is 6.07 Å². The highest BCUT2D eigenvalue weighted by Gasteiger charge is 2.39. The highest BCUT2D eigenvalue weighted by Crippen LogP contribution is 2.40. The Morgan fingerprint density at radius 3 is 2.83 bits per heavy atom. The van der Waals surface area contributed by atoms with Crippen LogP contribution in [0.1, 0.15) is 30.4 Å². The maximum atomic E-state index is 9.24. The van der Waals surface area contributed by atoms with Gasteiger partial charge in [-0.2, -0.15) is 5.26 Å². The molecular formula is C18H27N5O. The van der Waals surface area contributed by atoms with Gasteiger partial charge in [0.25, 0.3) is 0 Å². The van der Waals surface area contributed by atoms with Gasteiger partial charge in [0.1, 0.15) is 5.72 Å². The van der Waals surface area contributed by atoms with Gasteiger partial charge in [0.15, 0.2) is 5.96 Å². The van der Waals surface area contributed by atoms with Crippen molar-refractivity contribution in [2.24, 2.45) is 22.4 Å². The third kappa shape index (κ3) is 4.05. The lowest BCUT2D eigenvalue weighted by Gasteiger charge is -2.44. The summed E-state index contributed by atoms with van der Waals surface area (Å²) in [5.74, 6) is -0.229. The van der Waals surface area contributed by atoms with Crippen LogP contribution in [-0.4, -0.2) is 38.1 Å². The van der Waals surface area contributed by atoms with Crippen molar-refractivity contribution in [3.05, 3.63) is 35.4 Å². The predicted octanol–water partition coefficient (Wildman–Crippen LogP) is 1.56. The van der Waals surface area contributed by atoms with Crippen LogP contribution >= 0.6 is 0 Å². The number of ether oxygens (including phenoxy) is 1. The fraction of sp³-hybridized carbons (Fsp3) is 0.556. The molecule has 0 saturated carbocycles. The molecule has 1 aliphatic rings. The summed E-state index contributed by atoms with van der Waals surface area (Å²) in [7, 11) is 4.09. The molecule has 1 aromatic rings. The number of hydrogen-bond donors (Lipinski definition) is 2. The number of nitrogens with two attached hydrogens (primary N) is 2. The predicted molar refractivity (Wildman–Crippen MR) is 95.1 cm³/mol. The molecule has 0 radical (unpaired) electrons. The first-order chi connectivity index (χ1) is 11.5. The molecule has 0 amide bonds. The molecule has 0 heterocycles. The summed E-state index contributed by atoms with van der Waals surface area (Å²) >= 11 is 0. The average Bonchev–Trinajstić information content (AvgIpc) is 2.57. The number of rotatable bonds is 7. The van der Waals surface area contributed by atoms with Gasteiger partial charge in [-0.1, -0.05) is 24.3 Å². The standard InChI is InChI=1S/C18H27N5O/c1-23(2)18(10-5-7-15-6-3-4-8-16(15)18)24-11-9-14(12-19)13-22-17(20)21/h3-4,6,8,14H,5,7,9-11,13H2,1-2H3,(H4,20,21,22). The molecule has 2 rings (SSSR count). The van der Waals surface area contributed by atoms with E-state index in [0.29, 0.717) is 19.6 Å². The topological polar surface area (TPSA) is 101 Å². The van der Waals surface area contributed by atoms with Crippen LogP contribution in [0.15, 0.2) is 29.3 Å². The molecule has 1 aromatic carbocycles. The smallest absolute Gasteiger partial charge is 0.185 e. The van der Waals surface area contributed by atoms with Crippen molar-refractivity contribution in [1.82, 2.24) is 4.90 Å². The minimum Gasteiger partial charge on any atom is -0.370 e. The summed E-state index contributed by atoms with van der Waals surface area (Å²) in [6.07, 6.45) is 3.72. The second kappa shape index (κ2) is 8.13. The van der Waals surface area contributed by atoms with Crippen LogP contribution in [0.4, 0.5) is 0 Å². The number of nitriles is 1. The molecule has 130 valence electrons. The first-order valence-electron chi connectivity index (χ1n) is 8.34. The zero-order valence-corrected chi connectivity index (χ0v) is 14.5. The van der Waals surface area contributed by atoms with E-state index in [9.17, 15) is 5.26 Å². The number of nitrogens with zero attached hydrogens (tertiary/aromatic N) is 3. The van der Waals surface area contributed by atoms with Gasteiger partial charge < -0.3 is 16.2 Å². The van der Waals surface area contributed by atoms with Gasteiger partial charge in [0, 0.05) is 5.56 Å². The molecule has 6 heteroatoms. The van der Waals surface area contributed by atoms with Crippen molar-refractivity contribution in [1.29, 1.82) is 5.26 Å². The molecule has 2 unspecified atom stereocenters. The summed E-state index contributed by atoms with van der Waals surface area (Å²) in [6.45, 7) is 0.804. The monoisotopic (exact) mass is 329 g/mol. The van der Waals surface area contributed by atoms with E-state index in [-0.39, 0.29) is 11.9 Å². The van der Waals surface area contributed by atoms with Crippen LogP contribution in [0.2, 0.25) is 0 Å². The SMILES string of the molecule is CN(C)C1(OCCC(C#N)CN=C(N)N)CCCc2ccccc21. The van der Waals surface area contributed by atoms with Crippen LogP contribution in [-0.2, 0) is 16.9 Å². The minimum absolute atomic E-state index is 0.0159. The van der Waals surface area contributed by atoms with Crippen LogP contribution < -0.4 is 11.5 Å². The van der Waals surface area contributed by atoms with E-state index < -0.39 is 5.72 Å². The van der Waals surface area contributed by atoms with E-state index >= 15 is 0 Å². The number of benzene rings is 1. The highest BCUT2D eigenvalue weighted by molar-refractivity contribution is 5.75. The van der Waals surface area contributed by atoms with E-state index in [2.05, 4.69) is 40.2 Å². The Hall–Kier alpha value is -2.10. The number of guanidine groups is 1. The largest absolute Gasteiger partial charge is 0.370 e. The summed E-state index contributed by atoms with van der Waals surface area (Å²) in [5.41, 5.74) is 12.8. The van der Waals surface area contributed by atoms with Crippen molar-refractivity contribution >= 4 is 5.96 Å². The van der Waals surface area contributed by atoms with E-state index in [1.54, 1.807) is 0 Å². The molecule has 0 spiro atoms. The molecular weight excluding hydrogens is 302 g/mol. The lowest BCUT2D eigenvalue weighted by Crippen LogP contribution is -2.46. The minimum atomic E-state index is -0.426. The summed E-state index contributed by atoms with van der Waals surface area (Å²) in [6, 6.07) is 10.7. The molecule has 0 aromatic heterocycles. The second-order valence-electron chi connectivity index (χ2n) is 6.42. The van der Waals surface area contributed by atoms with Gasteiger partial charge in [-0.3, -0.25) is 9.89 Å². The molecule has 0 fully saturated rings. The van der Waals surface area contributed by atoms with Gasteiger partial charge in [-0.15, -0.1) is 0 Å². The molecule has 0 bridgehead atoms. The Bertz CT molecular complexity index is 618. The zero-order valence-electron chi connectivity index (χ0n) is 14.5. The number of aliphatic imine (C=N–C) groups is 1. The van der Waals surface area contributed by atoms with Gasteiger partial charge in [-0.05, 0) is 45.3 Å². The molecule has 0 saturated heterocycles. The Labute approximate surface area is 144 Å². The molecule has 2 atom stereocenters. The summed E-state index contributed by atoms with van der Waals surface area (Å²) in [4.78, 5) is 6.07. The highest BCUT2D eigenvalue weighted by atomic mass is 16.5. The van der Waals surface area contributed by atoms with Gasteiger partial charge in [0.05, 0.1) is 25.1 Å². The third-order valence-electron chi connectivity index (χ3n) is 4.61. The van der Waals surface area contributed by atoms with Gasteiger partial charge in [-0.25, -0.2) is 0 Å². The van der Waals surface area contributed by atoms with Crippen LogP contribution in [0.25, 0.3) is 0 Å². The van der Waals surface area contributed by atoms with E-state index in [0.717, 1.165) is 19.3 Å². The lowest BCUT2D eigenvalue weighted by atomic mass is 9.83. The third-order valence-corrected chi connectivity index (χ3v) is 4.61. The first-order valence-corrected chi connectivity index (χ1v) is 8.34. The fourth-order valence-corrected chi connectivity index (χ4v) is 3.30. The Morgan fingerprint density at radius 1 is 1.42 bits per heavy atom. The first kappa shape index (κ1) is 18.2. The van der Waals surface area contributed by atoms with Crippen molar-refractivity contribution in [3.63, 3.8) is 0 Å². The molecule has 24 heavy (non-hydrogen) atoms. The van der Waals surface area contributed by atoms with Crippen LogP contribution in [0.3, 0.4) is 0 Å². The average molecular weight is 329 g/mol. The Kier molecular flexibility index (Phi) is 6.18. The van der Waals surface area contributed by atoms with Crippen LogP contribution in [0, 0.1) is 17.2 Å². The molecule has 1 aliphatic carbocycles. The van der Waals surface area contributed by atoms with Crippen molar-refractivity contribution in [2.45, 2.75) is 31.4 Å². The second-order valence-corrected chi connectivity index (χ2v) is 6.42. The fourth-order valence-electron chi connectivity index (χ4n) is 3.30. The summed E-state index contributed by atoms with van der Waals surface area (Å²) < 4.78 is 6.36. The molecule has 6 nitrogen and oxygen atoms in total. The lowest BCUT2D eigenvalue weighted by molar-refractivity contribution is -0.157. The van der Waals surface area contributed by atoms with Crippen molar-refractivity contribution in [2.75, 3.05) is 27.2 Å². The van der Waals surface area contributed by atoms with E-state index in [4.69, 9.17) is 16.2 Å². The molecule has 0 aliphatic heterocycles. The number of fused-ring (bicyclic) bond motifs is 1. The normalized spacial score (nSPS) is 20.9. The van der Waals surface area contributed by atoms with Gasteiger partial charge >= 0.3 is 0 Å². The number of aryl methyl sites for hydroxylation is 1. The maximum absolute atomic E-state index is 9.24. The summed E-state index contributed by atoms with van der Waals surface area (Å²) in [5, 5.41) is 9.24. The van der Waals surface area contributed by atoms with E-state index in [1.807, 2.05) is 14.1 Å². The Morgan fingerprint density at radius 2 is 2.17 bits per heavy atom. The quantitative estimate of drug-likeness (QED) is 0.449. The zero-order chi connectivity index (χ0) is 17.6. The Balaban J connectivity index is 2.08. The van der Waals surface area contributed by atoms with Crippen molar-refractivity contribution < 1.29 is 4.74 Å². The molecule has 4 N–H and O–H groups in total. The van der Waals surface area contributed by atoms with Crippen LogP contribution in [0.5, 0.6) is 0 Å². The van der Waals surface area contributed by atoms with E-state index in [1.165, 1.54) is 11.1 Å². The van der Waals surface area contributed by atoms with Gasteiger partial charge in [0.2, 0.25) is 0 Å². The maximum Gasteiger partial charge on any atom is 0.185 e. The number of hydrogen-bond acceptors (Lipinski definition) is 4.